The number of nitrogens with zero attached hydrogens (tertiary/aromatic N) is 2. The molecule has 11 heteroatoms. The maximum atomic E-state index is 12.7. The van der Waals surface area contributed by atoms with Gasteiger partial charge in [-0.25, -0.2) is 14.4 Å². The topological polar surface area (TPSA) is 95.0 Å². The normalized spacial score (nSPS) is 12.2. The molecule has 0 saturated heterocycles. The maximum absolute atomic E-state index is 12.7. The van der Waals surface area contributed by atoms with Crippen molar-refractivity contribution in [2.24, 2.45) is 0 Å². The maximum Gasteiger partial charge on any atom is 0.424 e. The fourth-order valence-corrected chi connectivity index (χ4v) is 2.13. The van der Waals surface area contributed by atoms with Crippen molar-refractivity contribution in [3.05, 3.63) is 23.5 Å². The van der Waals surface area contributed by atoms with E-state index in [4.69, 9.17) is 9.47 Å². The Balaban J connectivity index is 3.58. The van der Waals surface area contributed by atoms with Crippen LogP contribution in [-0.4, -0.2) is 47.6 Å². The van der Waals surface area contributed by atoms with Gasteiger partial charge in [-0.2, -0.15) is 18.1 Å². The van der Waals surface area contributed by atoms with Crippen molar-refractivity contribution in [2.45, 2.75) is 65.3 Å². The van der Waals surface area contributed by atoms with Gasteiger partial charge in [0.1, 0.15) is 11.2 Å². The molecule has 0 atom stereocenters. The third kappa shape index (κ3) is 7.88. The van der Waals surface area contributed by atoms with Crippen molar-refractivity contribution >= 4 is 23.8 Å². The zero-order valence-electron chi connectivity index (χ0n) is 17.8. The van der Waals surface area contributed by atoms with Crippen molar-refractivity contribution < 1.29 is 41.8 Å². The summed E-state index contributed by atoms with van der Waals surface area (Å²) in [5.41, 5.74) is -3.46. The van der Waals surface area contributed by atoms with Crippen LogP contribution in [-0.2, 0) is 20.6 Å². The van der Waals surface area contributed by atoms with Crippen molar-refractivity contribution in [1.29, 1.82) is 0 Å². The summed E-state index contributed by atoms with van der Waals surface area (Å²) in [7, 11) is 1.00. The highest BCUT2D eigenvalue weighted by molar-refractivity contribution is 6.13. The molecule has 8 nitrogen and oxygen atoms in total. The lowest BCUT2D eigenvalue weighted by Crippen LogP contribution is -2.44. The number of aromatic nitrogens is 1. The molecule has 0 spiro atoms. The Morgan fingerprint density at radius 1 is 0.967 bits per heavy atom. The van der Waals surface area contributed by atoms with E-state index in [0.29, 0.717) is 4.90 Å². The number of alkyl halides is 3. The molecule has 0 saturated carbocycles. The van der Waals surface area contributed by atoms with Crippen LogP contribution in [0.4, 0.5) is 28.4 Å². The molecule has 0 aliphatic heterocycles. The minimum atomic E-state index is -4.59. The lowest BCUT2D eigenvalue weighted by atomic mass is 10.1. The van der Waals surface area contributed by atoms with Gasteiger partial charge in [0.2, 0.25) is 0 Å². The molecule has 2 amide bonds. The van der Waals surface area contributed by atoms with Gasteiger partial charge in [-0.15, -0.1) is 0 Å². The molecule has 1 aromatic heterocycles. The minimum absolute atomic E-state index is 0.396. The van der Waals surface area contributed by atoms with E-state index in [0.717, 1.165) is 19.4 Å². The molecule has 0 bridgehead atoms. The number of ether oxygens (including phenoxy) is 3. The van der Waals surface area contributed by atoms with Crippen LogP contribution in [0.25, 0.3) is 0 Å². The first-order valence-electron chi connectivity index (χ1n) is 8.83. The number of pyridine rings is 1. The molecular weight excluding hydrogens is 409 g/mol. The van der Waals surface area contributed by atoms with Crippen LogP contribution in [0.5, 0.6) is 0 Å². The SMILES string of the molecule is COC(=O)c1cc(CC(F)(F)F)ncc1N(C(=O)OC(C)(C)C)C(=O)OC(C)(C)C. The van der Waals surface area contributed by atoms with E-state index in [1.807, 2.05) is 0 Å². The van der Waals surface area contributed by atoms with E-state index in [9.17, 15) is 27.6 Å². The zero-order valence-corrected chi connectivity index (χ0v) is 17.8. The second kappa shape index (κ2) is 8.88. The van der Waals surface area contributed by atoms with Crippen LogP contribution in [0.15, 0.2) is 12.3 Å². The number of methoxy groups -OCH3 is 1. The Hall–Kier alpha value is -2.85. The van der Waals surface area contributed by atoms with Crippen molar-refractivity contribution in [1.82, 2.24) is 4.98 Å². The average Bonchev–Trinajstić information content (AvgIpc) is 2.50. The van der Waals surface area contributed by atoms with E-state index in [2.05, 4.69) is 9.72 Å². The van der Waals surface area contributed by atoms with Crippen LogP contribution < -0.4 is 4.90 Å². The van der Waals surface area contributed by atoms with Crippen molar-refractivity contribution in [3.8, 4) is 0 Å². The van der Waals surface area contributed by atoms with Gasteiger partial charge < -0.3 is 14.2 Å². The monoisotopic (exact) mass is 434 g/mol. The van der Waals surface area contributed by atoms with E-state index in [-0.39, 0.29) is 0 Å². The van der Waals surface area contributed by atoms with Crippen LogP contribution in [0.1, 0.15) is 57.6 Å². The first-order chi connectivity index (χ1) is 13.4. The number of hydrogen-bond acceptors (Lipinski definition) is 7. The molecule has 168 valence electrons. The molecule has 0 aromatic carbocycles. The summed E-state index contributed by atoms with van der Waals surface area (Å²) in [5.74, 6) is -1.08. The van der Waals surface area contributed by atoms with Crippen molar-refractivity contribution in [2.75, 3.05) is 12.0 Å². The number of anilines is 1. The number of rotatable bonds is 3. The van der Waals surface area contributed by atoms with E-state index >= 15 is 0 Å². The fourth-order valence-electron chi connectivity index (χ4n) is 2.13. The van der Waals surface area contributed by atoms with Crippen LogP contribution in [0.2, 0.25) is 0 Å². The highest BCUT2D eigenvalue weighted by Crippen LogP contribution is 2.28. The number of amides is 2. The Kier molecular flexibility index (Phi) is 7.46. The molecule has 0 fully saturated rings. The highest BCUT2D eigenvalue weighted by Gasteiger charge is 2.36. The summed E-state index contributed by atoms with van der Waals surface area (Å²) < 4.78 is 53.2. The molecule has 0 radical (unpaired) electrons. The van der Waals surface area contributed by atoms with E-state index < -0.39 is 58.9 Å². The molecule has 0 aliphatic carbocycles. The molecule has 1 rings (SSSR count). The van der Waals surface area contributed by atoms with E-state index in [1.165, 1.54) is 0 Å². The molecule has 0 aliphatic rings. The molecule has 30 heavy (non-hydrogen) atoms. The first kappa shape index (κ1) is 25.2. The summed E-state index contributed by atoms with van der Waals surface area (Å²) in [6.07, 6.45) is -7.62. The van der Waals surface area contributed by atoms with Gasteiger partial charge in [-0.3, -0.25) is 4.98 Å². The molecular formula is C19H25F3N2O6. The Morgan fingerprint density at radius 3 is 1.80 bits per heavy atom. The number of imide groups is 1. The Morgan fingerprint density at radius 2 is 1.43 bits per heavy atom. The average molecular weight is 434 g/mol. The summed E-state index contributed by atoms with van der Waals surface area (Å²) >= 11 is 0. The first-order valence-corrected chi connectivity index (χ1v) is 8.83. The molecule has 0 unspecified atom stereocenters. The quantitative estimate of drug-likeness (QED) is 0.505. The van der Waals surface area contributed by atoms with Gasteiger partial charge in [0.15, 0.2) is 0 Å². The molecule has 1 heterocycles. The summed E-state index contributed by atoms with van der Waals surface area (Å²) in [6, 6.07) is 0.802. The second-order valence-electron chi connectivity index (χ2n) is 8.27. The lowest BCUT2D eigenvalue weighted by Gasteiger charge is -2.29. The highest BCUT2D eigenvalue weighted by atomic mass is 19.4. The third-order valence-electron chi connectivity index (χ3n) is 3.12. The second-order valence-corrected chi connectivity index (χ2v) is 8.27. The van der Waals surface area contributed by atoms with Gasteiger partial charge in [0, 0.05) is 0 Å². The molecule has 0 N–H and O–H groups in total. The lowest BCUT2D eigenvalue weighted by molar-refractivity contribution is -0.127. The largest absolute Gasteiger partial charge is 0.465 e. The van der Waals surface area contributed by atoms with Gasteiger partial charge in [0.05, 0.1) is 36.7 Å². The van der Waals surface area contributed by atoms with E-state index in [1.54, 1.807) is 41.5 Å². The van der Waals surface area contributed by atoms with Crippen LogP contribution in [0, 0.1) is 0 Å². The van der Waals surface area contributed by atoms with Crippen LogP contribution >= 0.6 is 0 Å². The number of halogens is 3. The third-order valence-corrected chi connectivity index (χ3v) is 3.12. The zero-order chi connectivity index (χ0) is 23.5. The number of hydrogen-bond donors (Lipinski definition) is 0. The predicted octanol–water partition coefficient (Wildman–Crippen LogP) is 4.65. The Labute approximate surface area is 172 Å². The van der Waals surface area contributed by atoms with Gasteiger partial charge >= 0.3 is 24.3 Å². The fraction of sp³-hybridized carbons (Fsp3) is 0.579. The minimum Gasteiger partial charge on any atom is -0.465 e. The number of esters is 1. The Bertz CT molecular complexity index is 782. The predicted molar refractivity (Wildman–Crippen MR) is 100 cm³/mol. The number of carbonyl (C=O) groups excluding carboxylic acids is 3. The smallest absolute Gasteiger partial charge is 0.424 e. The molecule has 1 aromatic rings. The summed E-state index contributed by atoms with van der Waals surface area (Å²) in [4.78, 5) is 41.7. The van der Waals surface area contributed by atoms with Gasteiger partial charge in [0.25, 0.3) is 0 Å². The standard InChI is InChI=1S/C19H25F3N2O6/c1-17(2,3)29-15(26)24(16(27)30-18(4,5)6)13-10-23-11(9-19(20,21)22)8-12(13)14(25)28-7/h8,10H,9H2,1-7H3. The van der Waals surface area contributed by atoms with Gasteiger partial charge in [-0.1, -0.05) is 0 Å². The summed E-state index contributed by atoms with van der Waals surface area (Å²) in [6.45, 7) is 9.27. The van der Waals surface area contributed by atoms with Gasteiger partial charge in [-0.05, 0) is 47.6 Å². The summed E-state index contributed by atoms with van der Waals surface area (Å²) in [5, 5.41) is 0. The van der Waals surface area contributed by atoms with Crippen LogP contribution in [0.3, 0.4) is 0 Å². The number of carbonyl (C=O) groups is 3. The van der Waals surface area contributed by atoms with Crippen molar-refractivity contribution in [3.63, 3.8) is 0 Å².